The smallest absolute Gasteiger partial charge is 0.0189 e. The fourth-order valence-electron chi connectivity index (χ4n) is 1.30. The van der Waals surface area contributed by atoms with Gasteiger partial charge in [0.25, 0.3) is 0 Å². The normalized spacial score (nSPS) is 15.2. The maximum Gasteiger partial charge on any atom is 0.0189 e. The third kappa shape index (κ3) is 2.98. The zero-order valence-corrected chi connectivity index (χ0v) is 10.5. The van der Waals surface area contributed by atoms with Crippen LogP contribution in [0.2, 0.25) is 0 Å². The number of allylic oxidation sites excluding steroid dienone is 3. The average Bonchev–Trinajstić information content (AvgIpc) is 2.02. The molecule has 82 valence electrons. The van der Waals surface area contributed by atoms with E-state index in [2.05, 4.69) is 52.8 Å². The van der Waals surface area contributed by atoms with E-state index in [0.717, 1.165) is 6.42 Å². The van der Waals surface area contributed by atoms with E-state index >= 15 is 0 Å². The second-order valence-electron chi connectivity index (χ2n) is 4.91. The molecule has 1 nitrogen and oxygen atoms in total. The number of hydrogen-bond donors (Lipinski definition) is 1. The van der Waals surface area contributed by atoms with Crippen LogP contribution in [0, 0.1) is 5.41 Å². The lowest BCUT2D eigenvalue weighted by atomic mass is 9.69. The van der Waals surface area contributed by atoms with Crippen molar-refractivity contribution in [3.63, 3.8) is 0 Å². The molecule has 14 heavy (non-hydrogen) atoms. The van der Waals surface area contributed by atoms with Gasteiger partial charge in [-0.1, -0.05) is 39.0 Å². The van der Waals surface area contributed by atoms with Crippen molar-refractivity contribution in [3.05, 3.63) is 23.8 Å². The van der Waals surface area contributed by atoms with E-state index in [1.54, 1.807) is 0 Å². The summed E-state index contributed by atoms with van der Waals surface area (Å²) in [4.78, 5) is 0. The molecule has 0 unspecified atom stereocenters. The highest BCUT2D eigenvalue weighted by atomic mass is 14.8. The van der Waals surface area contributed by atoms with Crippen LogP contribution < -0.4 is 5.73 Å². The van der Waals surface area contributed by atoms with E-state index in [9.17, 15) is 0 Å². The Hall–Kier alpha value is -0.560. The summed E-state index contributed by atoms with van der Waals surface area (Å²) in [5.74, 6) is 0. The molecule has 0 bridgehead atoms. The van der Waals surface area contributed by atoms with Gasteiger partial charge >= 0.3 is 0 Å². The summed E-state index contributed by atoms with van der Waals surface area (Å²) in [6.07, 6.45) is 7.56. The molecule has 0 atom stereocenters. The summed E-state index contributed by atoms with van der Waals surface area (Å²) < 4.78 is 0. The molecule has 2 N–H and O–H groups in total. The van der Waals surface area contributed by atoms with Gasteiger partial charge in [-0.3, -0.25) is 0 Å². The highest BCUT2D eigenvalue weighted by molar-refractivity contribution is 5.28. The summed E-state index contributed by atoms with van der Waals surface area (Å²) >= 11 is 0. The van der Waals surface area contributed by atoms with E-state index in [1.165, 1.54) is 5.57 Å². The van der Waals surface area contributed by atoms with Crippen LogP contribution in [0.1, 0.15) is 48.0 Å². The molecule has 0 aliphatic carbocycles. The summed E-state index contributed by atoms with van der Waals surface area (Å²) in [6, 6.07) is 0. The highest BCUT2D eigenvalue weighted by Crippen LogP contribution is 2.37. The van der Waals surface area contributed by atoms with Crippen molar-refractivity contribution in [1.29, 1.82) is 0 Å². The van der Waals surface area contributed by atoms with E-state index in [4.69, 9.17) is 5.73 Å². The van der Waals surface area contributed by atoms with Crippen molar-refractivity contribution in [1.82, 2.24) is 0 Å². The molecule has 0 aromatic carbocycles. The SMILES string of the molecule is C/C=C\C(=C/CC)C(C)(C)C(C)(C)N. The molecule has 0 saturated carbocycles. The molecule has 0 aliphatic heterocycles. The summed E-state index contributed by atoms with van der Waals surface area (Å²) in [5, 5.41) is 0. The summed E-state index contributed by atoms with van der Waals surface area (Å²) in [7, 11) is 0. The van der Waals surface area contributed by atoms with E-state index in [1.807, 2.05) is 6.92 Å². The molecule has 0 saturated heterocycles. The van der Waals surface area contributed by atoms with Crippen molar-refractivity contribution in [2.45, 2.75) is 53.5 Å². The standard InChI is InChI=1S/C13H25N/c1-7-9-11(10-8-2)12(3,4)13(5,6)14/h7,9-10H,8,14H2,1-6H3/b9-7-,11-10+. The van der Waals surface area contributed by atoms with Gasteiger partial charge in [-0.25, -0.2) is 0 Å². The minimum Gasteiger partial charge on any atom is -0.325 e. The molecule has 0 aliphatic rings. The van der Waals surface area contributed by atoms with Crippen LogP contribution in [-0.4, -0.2) is 5.54 Å². The maximum absolute atomic E-state index is 6.20. The Balaban J connectivity index is 5.11. The Labute approximate surface area is 89.1 Å². The molecule has 0 heterocycles. The number of nitrogens with two attached hydrogens (primary N) is 1. The third-order valence-electron chi connectivity index (χ3n) is 3.10. The Morgan fingerprint density at radius 3 is 2.00 bits per heavy atom. The molecule has 0 rings (SSSR count). The lowest BCUT2D eigenvalue weighted by molar-refractivity contribution is 0.258. The van der Waals surface area contributed by atoms with Crippen LogP contribution in [0.4, 0.5) is 0 Å². The van der Waals surface area contributed by atoms with E-state index in [-0.39, 0.29) is 11.0 Å². The molecule has 0 aromatic rings. The predicted octanol–water partition coefficient (Wildman–Crippen LogP) is 3.66. The van der Waals surface area contributed by atoms with Crippen LogP contribution in [0.3, 0.4) is 0 Å². The van der Waals surface area contributed by atoms with Gasteiger partial charge in [0.15, 0.2) is 0 Å². The first-order valence-corrected chi connectivity index (χ1v) is 5.39. The van der Waals surface area contributed by atoms with Gasteiger partial charge in [0.2, 0.25) is 0 Å². The zero-order chi connectivity index (χ0) is 11.4. The zero-order valence-electron chi connectivity index (χ0n) is 10.5. The monoisotopic (exact) mass is 195 g/mol. The fourth-order valence-corrected chi connectivity index (χ4v) is 1.30. The molecule has 0 radical (unpaired) electrons. The van der Waals surface area contributed by atoms with Crippen molar-refractivity contribution in [2.75, 3.05) is 0 Å². The minimum absolute atomic E-state index is 0.00944. The second kappa shape index (κ2) is 4.79. The molecular weight excluding hydrogens is 170 g/mol. The van der Waals surface area contributed by atoms with E-state index < -0.39 is 0 Å². The lowest BCUT2D eigenvalue weighted by Crippen LogP contribution is -2.48. The van der Waals surface area contributed by atoms with Crippen molar-refractivity contribution in [3.8, 4) is 0 Å². The van der Waals surface area contributed by atoms with Gasteiger partial charge in [0.1, 0.15) is 0 Å². The van der Waals surface area contributed by atoms with Gasteiger partial charge < -0.3 is 5.73 Å². The Morgan fingerprint density at radius 2 is 1.71 bits per heavy atom. The quantitative estimate of drug-likeness (QED) is 0.681. The van der Waals surface area contributed by atoms with Crippen LogP contribution in [0.25, 0.3) is 0 Å². The van der Waals surface area contributed by atoms with Crippen LogP contribution >= 0.6 is 0 Å². The Morgan fingerprint density at radius 1 is 1.21 bits per heavy atom. The molecule has 0 amide bonds. The molecule has 0 fully saturated rings. The third-order valence-corrected chi connectivity index (χ3v) is 3.10. The topological polar surface area (TPSA) is 26.0 Å². The predicted molar refractivity (Wildman–Crippen MR) is 65.2 cm³/mol. The van der Waals surface area contributed by atoms with Gasteiger partial charge in [0.05, 0.1) is 0 Å². The molecule has 0 spiro atoms. The first-order valence-electron chi connectivity index (χ1n) is 5.39. The number of hydrogen-bond acceptors (Lipinski definition) is 1. The second-order valence-corrected chi connectivity index (χ2v) is 4.91. The molecule has 1 heteroatoms. The first kappa shape index (κ1) is 13.4. The minimum atomic E-state index is -0.201. The molecular formula is C13H25N. The van der Waals surface area contributed by atoms with Crippen LogP contribution in [-0.2, 0) is 0 Å². The van der Waals surface area contributed by atoms with Crippen LogP contribution in [0.5, 0.6) is 0 Å². The van der Waals surface area contributed by atoms with Crippen LogP contribution in [0.15, 0.2) is 23.8 Å². The largest absolute Gasteiger partial charge is 0.325 e. The van der Waals surface area contributed by atoms with Gasteiger partial charge in [0, 0.05) is 11.0 Å². The number of rotatable bonds is 4. The van der Waals surface area contributed by atoms with Crippen molar-refractivity contribution in [2.24, 2.45) is 11.1 Å². The van der Waals surface area contributed by atoms with Gasteiger partial charge in [-0.05, 0) is 32.8 Å². The first-order chi connectivity index (χ1) is 6.27. The fraction of sp³-hybridized carbons (Fsp3) is 0.692. The average molecular weight is 195 g/mol. The summed E-state index contributed by atoms with van der Waals surface area (Å²) in [6.45, 7) is 12.8. The molecule has 0 aromatic heterocycles. The van der Waals surface area contributed by atoms with Gasteiger partial charge in [-0.15, -0.1) is 0 Å². The lowest BCUT2D eigenvalue weighted by Gasteiger charge is -2.40. The Bertz CT molecular complexity index is 226. The van der Waals surface area contributed by atoms with Gasteiger partial charge in [-0.2, -0.15) is 0 Å². The van der Waals surface area contributed by atoms with E-state index in [0.29, 0.717) is 0 Å². The highest BCUT2D eigenvalue weighted by Gasteiger charge is 2.35. The van der Waals surface area contributed by atoms with Crippen molar-refractivity contribution >= 4 is 0 Å². The maximum atomic E-state index is 6.20. The van der Waals surface area contributed by atoms with Crippen molar-refractivity contribution < 1.29 is 0 Å². The Kier molecular flexibility index (Phi) is 4.60. The summed E-state index contributed by atoms with van der Waals surface area (Å²) in [5.41, 5.74) is 7.34.